The van der Waals surface area contributed by atoms with Crippen LogP contribution in [0.2, 0.25) is 0 Å². The van der Waals surface area contributed by atoms with Crippen LogP contribution in [0.4, 0.5) is 5.69 Å². The molecule has 3 aromatic rings. The van der Waals surface area contributed by atoms with Gasteiger partial charge in [-0.3, -0.25) is 9.59 Å². The Kier molecular flexibility index (Phi) is 7.35. The molecule has 0 radical (unpaired) electrons. The first-order valence-electron chi connectivity index (χ1n) is 13.4. The molecule has 2 fully saturated rings. The van der Waals surface area contributed by atoms with Gasteiger partial charge in [-0.25, -0.2) is 4.79 Å². The van der Waals surface area contributed by atoms with Crippen LogP contribution in [0.1, 0.15) is 61.9 Å². The number of esters is 1. The summed E-state index contributed by atoms with van der Waals surface area (Å²) in [5.74, 6) is 0.994. The lowest BCUT2D eigenvalue weighted by molar-refractivity contribution is -0.129. The highest BCUT2D eigenvalue weighted by atomic mass is 79.9. The van der Waals surface area contributed by atoms with E-state index in [1.165, 1.54) is 19.6 Å². The topological polar surface area (TPSA) is 86.6 Å². The summed E-state index contributed by atoms with van der Waals surface area (Å²) in [7, 11) is 2.85. The number of pyridine rings is 1. The van der Waals surface area contributed by atoms with Crippen molar-refractivity contribution in [3.8, 4) is 5.75 Å². The summed E-state index contributed by atoms with van der Waals surface area (Å²) in [4.78, 5) is 39.9. The van der Waals surface area contributed by atoms with Crippen LogP contribution in [0.25, 0.3) is 10.9 Å². The summed E-state index contributed by atoms with van der Waals surface area (Å²) < 4.78 is 11.9. The third-order valence-corrected chi connectivity index (χ3v) is 9.06. The van der Waals surface area contributed by atoms with Crippen molar-refractivity contribution in [1.82, 2.24) is 4.57 Å². The Balaban J connectivity index is 1.52. The molecule has 2 bridgehead atoms. The SMILES string of the molecule is COC(=O)c1cc2c(NC(=O)C3(C)CC4CC(CC(C)(Br)C4)C3)cccc2n(Cc2ccc(OC)cc2)c1=O. The van der Waals surface area contributed by atoms with Crippen LogP contribution in [0.3, 0.4) is 0 Å². The van der Waals surface area contributed by atoms with Gasteiger partial charge in [0.1, 0.15) is 11.3 Å². The molecule has 206 valence electrons. The van der Waals surface area contributed by atoms with Crippen LogP contribution in [-0.2, 0) is 16.1 Å². The highest BCUT2D eigenvalue weighted by Gasteiger charge is 2.48. The molecular formula is C31H35BrN2O5. The van der Waals surface area contributed by atoms with Gasteiger partial charge in [-0.1, -0.05) is 41.1 Å². The quantitative estimate of drug-likeness (QED) is 0.273. The third-order valence-electron chi connectivity index (χ3n) is 8.41. The number of benzene rings is 2. The number of nitrogens with one attached hydrogen (secondary N) is 1. The van der Waals surface area contributed by atoms with Gasteiger partial charge >= 0.3 is 5.97 Å². The smallest absolute Gasteiger partial charge is 0.343 e. The fourth-order valence-electron chi connectivity index (χ4n) is 6.89. The van der Waals surface area contributed by atoms with Gasteiger partial charge < -0.3 is 19.4 Å². The van der Waals surface area contributed by atoms with E-state index in [4.69, 9.17) is 9.47 Å². The second kappa shape index (κ2) is 10.5. The predicted molar refractivity (Wildman–Crippen MR) is 156 cm³/mol. The van der Waals surface area contributed by atoms with Crippen LogP contribution < -0.4 is 15.6 Å². The molecule has 1 heterocycles. The molecule has 2 unspecified atom stereocenters. The summed E-state index contributed by atoms with van der Waals surface area (Å²) in [6.07, 6.45) is 5.01. The van der Waals surface area contributed by atoms with Gasteiger partial charge in [0.2, 0.25) is 5.91 Å². The number of rotatable bonds is 6. The van der Waals surface area contributed by atoms with Crippen molar-refractivity contribution in [2.45, 2.75) is 56.8 Å². The number of nitrogens with zero attached hydrogens (tertiary/aromatic N) is 1. The van der Waals surface area contributed by atoms with Gasteiger partial charge in [0, 0.05) is 15.1 Å². The minimum atomic E-state index is -0.712. The highest BCUT2D eigenvalue weighted by Crippen LogP contribution is 2.54. The number of alkyl halides is 1. The molecule has 2 aliphatic rings. The van der Waals surface area contributed by atoms with E-state index in [2.05, 4.69) is 35.1 Å². The molecule has 2 atom stereocenters. The first-order chi connectivity index (χ1) is 18.5. The number of halogens is 1. The van der Waals surface area contributed by atoms with Crippen molar-refractivity contribution in [1.29, 1.82) is 0 Å². The molecule has 0 spiro atoms. The third kappa shape index (κ3) is 5.49. The second-order valence-corrected chi connectivity index (χ2v) is 13.7. The van der Waals surface area contributed by atoms with E-state index in [9.17, 15) is 14.4 Å². The number of anilines is 1. The van der Waals surface area contributed by atoms with E-state index in [1.807, 2.05) is 42.5 Å². The zero-order valence-electron chi connectivity index (χ0n) is 22.9. The molecular weight excluding hydrogens is 560 g/mol. The van der Waals surface area contributed by atoms with Gasteiger partial charge in [-0.15, -0.1) is 0 Å². The number of methoxy groups -OCH3 is 2. The average molecular weight is 596 g/mol. The summed E-state index contributed by atoms with van der Waals surface area (Å²) in [6, 6.07) is 14.4. The minimum Gasteiger partial charge on any atom is -0.497 e. The summed E-state index contributed by atoms with van der Waals surface area (Å²) in [5, 5.41) is 3.80. The molecule has 0 aliphatic heterocycles. The minimum absolute atomic E-state index is 0.0182. The molecule has 0 saturated heterocycles. The number of ether oxygens (including phenoxy) is 2. The van der Waals surface area contributed by atoms with Crippen LogP contribution >= 0.6 is 15.9 Å². The van der Waals surface area contributed by atoms with Crippen LogP contribution in [-0.4, -0.2) is 35.0 Å². The average Bonchev–Trinajstić information content (AvgIpc) is 2.88. The lowest BCUT2D eigenvalue weighted by atomic mass is 9.59. The molecule has 39 heavy (non-hydrogen) atoms. The van der Waals surface area contributed by atoms with Gasteiger partial charge in [-0.05, 0) is 86.8 Å². The lowest BCUT2D eigenvalue weighted by Crippen LogP contribution is -2.46. The number of fused-ring (bicyclic) bond motifs is 3. The maximum atomic E-state index is 13.8. The maximum Gasteiger partial charge on any atom is 0.343 e. The monoisotopic (exact) mass is 594 g/mol. The predicted octanol–water partition coefficient (Wildman–Crippen LogP) is 6.15. The van der Waals surface area contributed by atoms with Crippen molar-refractivity contribution in [3.63, 3.8) is 0 Å². The Morgan fingerprint density at radius 3 is 2.31 bits per heavy atom. The molecule has 1 aromatic heterocycles. The Morgan fingerprint density at radius 1 is 1.03 bits per heavy atom. The van der Waals surface area contributed by atoms with Gasteiger partial charge in [0.15, 0.2) is 0 Å². The van der Waals surface area contributed by atoms with Crippen molar-refractivity contribution in [2.75, 3.05) is 19.5 Å². The standard InChI is InChI=1S/C31H35BrN2O5/c1-30(14-20-12-21(15-30)17-31(2,32)16-20)29(37)33-25-6-5-7-26-23(25)13-24(28(36)39-4)27(35)34(26)18-19-8-10-22(38-3)11-9-19/h5-11,13,20-21H,12,14-18H2,1-4H3,(H,33,37). The first kappa shape index (κ1) is 27.4. The van der Waals surface area contributed by atoms with Crippen molar-refractivity contribution >= 4 is 44.4 Å². The Bertz CT molecular complexity index is 1460. The number of hydrogen-bond donors (Lipinski definition) is 1. The number of carbonyl (C=O) groups is 2. The maximum absolute atomic E-state index is 13.8. The fourth-order valence-corrected chi connectivity index (χ4v) is 7.80. The molecule has 1 N–H and O–H groups in total. The summed E-state index contributed by atoms with van der Waals surface area (Å²) >= 11 is 3.90. The van der Waals surface area contributed by atoms with Crippen LogP contribution in [0.5, 0.6) is 5.75 Å². The largest absolute Gasteiger partial charge is 0.497 e. The highest BCUT2D eigenvalue weighted by molar-refractivity contribution is 9.10. The zero-order chi connectivity index (χ0) is 27.9. The number of amides is 1. The van der Waals surface area contributed by atoms with Gasteiger partial charge in [0.05, 0.1) is 32.0 Å². The number of carbonyl (C=O) groups excluding carboxylic acids is 2. The summed E-state index contributed by atoms with van der Waals surface area (Å²) in [5.41, 5.74) is 1.07. The van der Waals surface area contributed by atoms with E-state index in [1.54, 1.807) is 11.7 Å². The zero-order valence-corrected chi connectivity index (χ0v) is 24.5. The van der Waals surface area contributed by atoms with Crippen molar-refractivity contribution in [3.05, 3.63) is 70.0 Å². The van der Waals surface area contributed by atoms with E-state index in [0.29, 0.717) is 34.2 Å². The number of hydrogen-bond acceptors (Lipinski definition) is 5. The van der Waals surface area contributed by atoms with Gasteiger partial charge in [0.25, 0.3) is 5.56 Å². The molecule has 2 aliphatic carbocycles. The Morgan fingerprint density at radius 2 is 1.69 bits per heavy atom. The van der Waals surface area contributed by atoms with E-state index in [0.717, 1.165) is 31.2 Å². The fraction of sp³-hybridized carbons (Fsp3) is 0.452. The van der Waals surface area contributed by atoms with Gasteiger partial charge in [-0.2, -0.15) is 0 Å². The Hall–Kier alpha value is -3.13. The second-order valence-electron chi connectivity index (χ2n) is 11.7. The Labute approximate surface area is 237 Å². The lowest BCUT2D eigenvalue weighted by Gasteiger charge is -2.49. The first-order valence-corrected chi connectivity index (χ1v) is 14.2. The molecule has 5 rings (SSSR count). The normalized spacial score (nSPS) is 26.2. The van der Waals surface area contributed by atoms with E-state index < -0.39 is 16.9 Å². The molecule has 2 aromatic carbocycles. The molecule has 7 nitrogen and oxygen atoms in total. The van der Waals surface area contributed by atoms with Crippen molar-refractivity contribution in [2.24, 2.45) is 17.3 Å². The number of aromatic nitrogens is 1. The summed E-state index contributed by atoms with van der Waals surface area (Å²) in [6.45, 7) is 4.58. The molecule has 8 heteroatoms. The molecule has 1 amide bonds. The van der Waals surface area contributed by atoms with Crippen molar-refractivity contribution < 1.29 is 19.1 Å². The van der Waals surface area contributed by atoms with Crippen LogP contribution in [0, 0.1) is 17.3 Å². The van der Waals surface area contributed by atoms with E-state index in [-0.39, 0.29) is 22.3 Å². The van der Waals surface area contributed by atoms with E-state index >= 15 is 0 Å². The van der Waals surface area contributed by atoms with Crippen LogP contribution in [0.15, 0.2) is 53.3 Å². The molecule has 2 saturated carbocycles.